The van der Waals surface area contributed by atoms with Gasteiger partial charge in [-0.3, -0.25) is 20.2 Å². The number of nitrogens with one attached hydrogen (secondary N) is 4. The van der Waals surface area contributed by atoms with Crippen LogP contribution in [0, 0.1) is 34.9 Å². The average molecular weight is 725 g/mol. The highest BCUT2D eigenvalue weighted by Gasteiger charge is 2.30. The van der Waals surface area contributed by atoms with E-state index in [1.807, 2.05) is 5.32 Å². The van der Waals surface area contributed by atoms with E-state index in [2.05, 4.69) is 5.32 Å². The van der Waals surface area contributed by atoms with Crippen molar-refractivity contribution in [2.75, 3.05) is 10.6 Å². The molecular formula is C29H15Cl2F9N4O4. The molecule has 4 aromatic rings. The van der Waals surface area contributed by atoms with Crippen LogP contribution in [0.4, 0.5) is 60.5 Å². The first-order valence-corrected chi connectivity index (χ1v) is 13.3. The largest absolute Gasteiger partial charge is 0.416 e. The van der Waals surface area contributed by atoms with Crippen molar-refractivity contribution in [3.05, 3.63) is 128 Å². The molecule has 0 fully saturated rings. The fraction of sp³-hybridized carbons (Fsp3) is 0.0345. The van der Waals surface area contributed by atoms with Crippen molar-refractivity contribution in [2.24, 2.45) is 0 Å². The normalized spacial score (nSPS) is 10.7. The number of carbonyl (C=O) groups is 4. The van der Waals surface area contributed by atoms with E-state index in [0.29, 0.717) is 6.07 Å². The van der Waals surface area contributed by atoms with Crippen molar-refractivity contribution in [1.82, 2.24) is 10.6 Å². The number of hydrogen-bond acceptors (Lipinski definition) is 4. The molecule has 0 aromatic heterocycles. The van der Waals surface area contributed by atoms with Crippen molar-refractivity contribution in [2.45, 2.75) is 6.18 Å². The molecule has 4 rings (SSSR count). The van der Waals surface area contributed by atoms with Crippen LogP contribution >= 0.6 is 23.2 Å². The van der Waals surface area contributed by atoms with Gasteiger partial charge in [0.2, 0.25) is 0 Å². The fourth-order valence-corrected chi connectivity index (χ4v) is 3.94. The average Bonchev–Trinajstić information content (AvgIpc) is 2.98. The van der Waals surface area contributed by atoms with Gasteiger partial charge < -0.3 is 10.6 Å². The van der Waals surface area contributed by atoms with Crippen LogP contribution in [-0.2, 0) is 6.18 Å². The van der Waals surface area contributed by atoms with Gasteiger partial charge in [0, 0.05) is 5.69 Å². The highest BCUT2D eigenvalue weighted by atomic mass is 35.5. The molecule has 6 amide bonds. The van der Waals surface area contributed by atoms with Gasteiger partial charge in [0.05, 0.1) is 16.3 Å². The van der Waals surface area contributed by atoms with Crippen LogP contribution in [-0.4, -0.2) is 23.9 Å². The fourth-order valence-electron chi connectivity index (χ4n) is 3.48. The van der Waals surface area contributed by atoms with Gasteiger partial charge in [0.25, 0.3) is 11.8 Å². The maximum absolute atomic E-state index is 13.7. The Balaban J connectivity index is 0.000000260. The first kappa shape index (κ1) is 37.2. The van der Waals surface area contributed by atoms with E-state index in [-0.39, 0.29) is 5.69 Å². The summed E-state index contributed by atoms with van der Waals surface area (Å²) in [6, 6.07) is 7.01. The van der Waals surface area contributed by atoms with Crippen molar-refractivity contribution in [3.8, 4) is 0 Å². The van der Waals surface area contributed by atoms with Gasteiger partial charge in [-0.2, -0.15) is 13.2 Å². The van der Waals surface area contributed by atoms with E-state index >= 15 is 0 Å². The number of rotatable bonds is 4. The van der Waals surface area contributed by atoms with Crippen LogP contribution in [0.3, 0.4) is 0 Å². The quantitative estimate of drug-likeness (QED) is 0.0960. The van der Waals surface area contributed by atoms with Gasteiger partial charge in [0.15, 0.2) is 11.6 Å². The minimum absolute atomic E-state index is 0.0395. The molecule has 4 aromatic carbocycles. The summed E-state index contributed by atoms with van der Waals surface area (Å²) in [6.45, 7) is 0. The van der Waals surface area contributed by atoms with Crippen LogP contribution in [0.15, 0.2) is 66.7 Å². The zero-order chi connectivity index (χ0) is 35.9. The van der Waals surface area contributed by atoms with Crippen molar-refractivity contribution < 1.29 is 58.7 Å². The van der Waals surface area contributed by atoms with Gasteiger partial charge in [0.1, 0.15) is 39.4 Å². The molecule has 0 heterocycles. The van der Waals surface area contributed by atoms with Crippen LogP contribution in [0.25, 0.3) is 0 Å². The second kappa shape index (κ2) is 15.5. The zero-order valence-corrected chi connectivity index (χ0v) is 24.7. The van der Waals surface area contributed by atoms with E-state index in [1.54, 1.807) is 10.6 Å². The molecule has 0 atom stereocenters. The Bertz CT molecular complexity index is 1850. The highest BCUT2D eigenvalue weighted by molar-refractivity contribution is 6.35. The summed E-state index contributed by atoms with van der Waals surface area (Å²) in [5.41, 5.74) is -3.53. The molecule has 0 aliphatic carbocycles. The Morgan fingerprint density at radius 2 is 1.00 bits per heavy atom. The van der Waals surface area contributed by atoms with E-state index in [1.165, 1.54) is 0 Å². The molecule has 0 aliphatic heterocycles. The molecule has 252 valence electrons. The van der Waals surface area contributed by atoms with E-state index in [4.69, 9.17) is 23.2 Å². The van der Waals surface area contributed by atoms with E-state index in [9.17, 15) is 58.7 Å². The lowest BCUT2D eigenvalue weighted by atomic mass is 10.2. The van der Waals surface area contributed by atoms with Crippen LogP contribution in [0.5, 0.6) is 0 Å². The molecule has 8 nitrogen and oxygen atoms in total. The lowest BCUT2D eigenvalue weighted by Gasteiger charge is -2.10. The number of carbonyl (C=O) groups excluding carboxylic acids is 4. The Hall–Kier alpha value is -5.29. The predicted molar refractivity (Wildman–Crippen MR) is 154 cm³/mol. The minimum atomic E-state index is -4.53. The maximum Gasteiger partial charge on any atom is 0.416 e. The summed E-state index contributed by atoms with van der Waals surface area (Å²) in [5.74, 6) is -9.99. The number of urea groups is 2. The number of alkyl halides is 3. The first-order valence-electron chi connectivity index (χ1n) is 12.5. The minimum Gasteiger partial charge on any atom is -0.308 e. The summed E-state index contributed by atoms with van der Waals surface area (Å²) in [5, 5.41) is 5.63. The van der Waals surface area contributed by atoms with Crippen LogP contribution in [0.1, 0.15) is 26.3 Å². The Kier molecular flexibility index (Phi) is 12.0. The molecule has 0 saturated heterocycles. The van der Waals surface area contributed by atoms with Crippen molar-refractivity contribution in [1.29, 1.82) is 0 Å². The van der Waals surface area contributed by atoms with Gasteiger partial charge in [-0.1, -0.05) is 35.3 Å². The highest BCUT2D eigenvalue weighted by Crippen LogP contribution is 2.32. The van der Waals surface area contributed by atoms with Gasteiger partial charge in [-0.25, -0.2) is 35.9 Å². The second-order valence-electron chi connectivity index (χ2n) is 8.93. The molecule has 0 unspecified atom stereocenters. The van der Waals surface area contributed by atoms with E-state index in [0.717, 1.165) is 60.7 Å². The Morgan fingerprint density at radius 1 is 0.583 bits per heavy atom. The predicted octanol–water partition coefficient (Wildman–Crippen LogP) is 8.46. The molecule has 0 saturated carbocycles. The standard InChI is InChI=1S/C15H9F5N2O2.C14H6Cl2F4N2O2/c16-10-2-1-3-11(17)12(10)13(23)22-14(24)21-9-6-4-8(5-7-9)15(18,19)20;15-5-4-8(12(20)10(16)11(5)19)21-14(24)22-13(23)9-6(17)2-1-3-7(9)18/h1-7H,(H2,21,22,23,24);1-4H,(H2,21,22,23,24). The number of hydrogen-bond donors (Lipinski definition) is 4. The molecule has 4 N–H and O–H groups in total. The van der Waals surface area contributed by atoms with Crippen LogP contribution < -0.4 is 21.3 Å². The number of benzene rings is 4. The lowest BCUT2D eigenvalue weighted by molar-refractivity contribution is -0.137. The van der Waals surface area contributed by atoms with Crippen molar-refractivity contribution in [3.63, 3.8) is 0 Å². The molecule has 0 aliphatic rings. The van der Waals surface area contributed by atoms with Gasteiger partial charge >= 0.3 is 18.2 Å². The number of imide groups is 2. The van der Waals surface area contributed by atoms with Gasteiger partial charge in [-0.15, -0.1) is 0 Å². The monoisotopic (exact) mass is 724 g/mol. The summed E-state index contributed by atoms with van der Waals surface area (Å²) in [4.78, 5) is 46.6. The summed E-state index contributed by atoms with van der Waals surface area (Å²) >= 11 is 10.8. The molecule has 0 radical (unpaired) electrons. The molecule has 48 heavy (non-hydrogen) atoms. The third kappa shape index (κ3) is 9.38. The second-order valence-corrected chi connectivity index (χ2v) is 9.72. The van der Waals surface area contributed by atoms with E-state index < -0.39 is 97.4 Å². The first-order chi connectivity index (χ1) is 22.4. The third-order valence-electron chi connectivity index (χ3n) is 5.65. The number of anilines is 2. The van der Waals surface area contributed by atoms with Crippen LogP contribution in [0.2, 0.25) is 10.0 Å². The third-order valence-corrected chi connectivity index (χ3v) is 6.26. The Morgan fingerprint density at radius 3 is 1.42 bits per heavy atom. The van der Waals surface area contributed by atoms with Crippen molar-refractivity contribution >= 4 is 58.5 Å². The summed E-state index contributed by atoms with van der Waals surface area (Å²) < 4.78 is 118. The molecular weight excluding hydrogens is 710 g/mol. The topological polar surface area (TPSA) is 116 Å². The maximum atomic E-state index is 13.7. The van der Waals surface area contributed by atoms with Gasteiger partial charge in [-0.05, 0) is 54.6 Å². The molecule has 19 heteroatoms. The number of amides is 6. The smallest absolute Gasteiger partial charge is 0.308 e. The summed E-state index contributed by atoms with van der Waals surface area (Å²) in [7, 11) is 0. The SMILES string of the molecule is O=C(NC(=O)c1c(F)cccc1F)Nc1cc(Cl)c(F)c(Cl)c1F.O=C(NC(=O)c1c(F)cccc1F)Nc1ccc(C(F)(F)F)cc1. The molecule has 0 bridgehead atoms. The zero-order valence-electron chi connectivity index (χ0n) is 23.1. The summed E-state index contributed by atoms with van der Waals surface area (Å²) in [6.07, 6.45) is -4.53. The lowest BCUT2D eigenvalue weighted by Crippen LogP contribution is -2.35. The Labute approximate surface area is 272 Å². The molecule has 0 spiro atoms. The number of halogens is 11.